The van der Waals surface area contributed by atoms with Crippen LogP contribution in [-0.4, -0.2) is 63.2 Å². The Balaban J connectivity index is 1.79. The number of carbonyl (C=O) groups excluding carboxylic acids is 1. The van der Waals surface area contributed by atoms with Crippen LogP contribution in [0.3, 0.4) is 0 Å². The molecule has 2 aliphatic heterocycles. The largest absolute Gasteiger partial charge is 0.331 e. The van der Waals surface area contributed by atoms with Crippen LogP contribution in [0, 0.1) is 5.92 Å². The molecule has 1 amide bonds. The lowest BCUT2D eigenvalue weighted by atomic mass is 10.1. The van der Waals surface area contributed by atoms with Crippen molar-refractivity contribution >= 4 is 5.91 Å². The lowest BCUT2D eigenvalue weighted by Gasteiger charge is -2.22. The fourth-order valence-corrected chi connectivity index (χ4v) is 2.99. The topological polar surface area (TPSA) is 54.3 Å². The molecule has 1 aromatic heterocycles. The van der Waals surface area contributed by atoms with Gasteiger partial charge < -0.3 is 9.80 Å². The first-order valence-corrected chi connectivity index (χ1v) is 6.00. The summed E-state index contributed by atoms with van der Waals surface area (Å²) >= 11 is 0. The number of aromatic nitrogens is 3. The average Bonchev–Trinajstić information content (AvgIpc) is 2.92. The molecule has 17 heavy (non-hydrogen) atoms. The SMILES string of the molecule is CN1C[C@@H]2CCN(C(=O)c3ncn(C)n3)[C@@H]2C1. The van der Waals surface area contributed by atoms with Crippen molar-refractivity contribution in [3.8, 4) is 0 Å². The van der Waals surface area contributed by atoms with Crippen LogP contribution >= 0.6 is 0 Å². The summed E-state index contributed by atoms with van der Waals surface area (Å²) in [5, 5.41) is 4.09. The molecule has 2 aliphatic rings. The van der Waals surface area contributed by atoms with Crippen molar-refractivity contribution < 1.29 is 4.79 Å². The van der Waals surface area contributed by atoms with Gasteiger partial charge in [0.1, 0.15) is 6.33 Å². The van der Waals surface area contributed by atoms with Gasteiger partial charge in [0.05, 0.1) is 0 Å². The Labute approximate surface area is 100 Å². The Kier molecular flexibility index (Phi) is 2.39. The monoisotopic (exact) mass is 235 g/mol. The molecule has 1 aromatic rings. The average molecular weight is 235 g/mol. The van der Waals surface area contributed by atoms with Crippen LogP contribution in [0.4, 0.5) is 0 Å². The van der Waals surface area contributed by atoms with Crippen molar-refractivity contribution in [2.45, 2.75) is 12.5 Å². The van der Waals surface area contributed by atoms with Crippen LogP contribution in [0.2, 0.25) is 0 Å². The second-order valence-corrected chi connectivity index (χ2v) is 5.08. The summed E-state index contributed by atoms with van der Waals surface area (Å²) in [6.45, 7) is 2.92. The molecule has 0 radical (unpaired) electrons. The number of hydrogen-bond donors (Lipinski definition) is 0. The van der Waals surface area contributed by atoms with Gasteiger partial charge in [-0.1, -0.05) is 0 Å². The van der Waals surface area contributed by atoms with E-state index in [0.29, 0.717) is 17.8 Å². The van der Waals surface area contributed by atoms with E-state index in [0.717, 1.165) is 26.1 Å². The zero-order chi connectivity index (χ0) is 12.0. The van der Waals surface area contributed by atoms with Gasteiger partial charge in [0.25, 0.3) is 5.91 Å². The predicted octanol–water partition coefficient (Wildman–Crippen LogP) is -0.409. The van der Waals surface area contributed by atoms with E-state index in [4.69, 9.17) is 0 Å². The Morgan fingerprint density at radius 2 is 2.24 bits per heavy atom. The van der Waals surface area contributed by atoms with E-state index in [1.807, 2.05) is 4.90 Å². The third-order valence-electron chi connectivity index (χ3n) is 3.78. The number of likely N-dealkylation sites (N-methyl/N-ethyl adjacent to an activating group) is 1. The summed E-state index contributed by atoms with van der Waals surface area (Å²) in [5.74, 6) is 0.934. The van der Waals surface area contributed by atoms with Crippen LogP contribution < -0.4 is 0 Å². The van der Waals surface area contributed by atoms with Gasteiger partial charge in [-0.25, -0.2) is 4.98 Å². The fraction of sp³-hybridized carbons (Fsp3) is 0.727. The normalized spacial score (nSPS) is 28.7. The summed E-state index contributed by atoms with van der Waals surface area (Å²) in [6, 6.07) is 0.358. The third-order valence-corrected chi connectivity index (χ3v) is 3.78. The van der Waals surface area contributed by atoms with E-state index >= 15 is 0 Å². The molecule has 6 nitrogen and oxygen atoms in total. The van der Waals surface area contributed by atoms with Gasteiger partial charge in [0, 0.05) is 32.7 Å². The summed E-state index contributed by atoms with van der Waals surface area (Å²) in [4.78, 5) is 20.6. The molecule has 0 saturated carbocycles. The number of fused-ring (bicyclic) bond motifs is 1. The predicted molar refractivity (Wildman–Crippen MR) is 61.4 cm³/mol. The maximum atomic E-state index is 12.3. The molecule has 6 heteroatoms. The molecule has 3 heterocycles. The van der Waals surface area contributed by atoms with Crippen LogP contribution in [0.15, 0.2) is 6.33 Å². The molecule has 0 unspecified atom stereocenters. The lowest BCUT2D eigenvalue weighted by molar-refractivity contribution is 0.0717. The molecule has 3 rings (SSSR count). The molecular weight excluding hydrogens is 218 g/mol. The highest BCUT2D eigenvalue weighted by Crippen LogP contribution is 2.31. The van der Waals surface area contributed by atoms with Crippen LogP contribution in [0.25, 0.3) is 0 Å². The van der Waals surface area contributed by atoms with Crippen LogP contribution in [0.1, 0.15) is 17.0 Å². The number of likely N-dealkylation sites (tertiary alicyclic amines) is 2. The quantitative estimate of drug-likeness (QED) is 0.664. The third kappa shape index (κ3) is 1.72. The van der Waals surface area contributed by atoms with Gasteiger partial charge >= 0.3 is 0 Å². The summed E-state index contributed by atoms with van der Waals surface area (Å²) < 4.78 is 1.57. The zero-order valence-corrected chi connectivity index (χ0v) is 10.2. The summed E-state index contributed by atoms with van der Waals surface area (Å²) in [5.41, 5.74) is 0. The highest BCUT2D eigenvalue weighted by molar-refractivity contribution is 5.90. The molecule has 2 atom stereocenters. The van der Waals surface area contributed by atoms with E-state index in [1.165, 1.54) is 0 Å². The molecule has 92 valence electrons. The summed E-state index contributed by atoms with van der Waals surface area (Å²) in [6.07, 6.45) is 2.68. The Morgan fingerprint density at radius 1 is 1.41 bits per heavy atom. The van der Waals surface area contributed by atoms with Gasteiger partial charge in [0.2, 0.25) is 5.82 Å². The van der Waals surface area contributed by atoms with Gasteiger partial charge in [-0.05, 0) is 19.4 Å². The molecular formula is C11H17N5O. The zero-order valence-electron chi connectivity index (χ0n) is 10.2. The lowest BCUT2D eigenvalue weighted by Crippen LogP contribution is -2.39. The number of hydrogen-bond acceptors (Lipinski definition) is 4. The number of carbonyl (C=O) groups is 1. The Bertz CT molecular complexity index is 443. The minimum absolute atomic E-state index is 0.0200. The van der Waals surface area contributed by atoms with Crippen LogP contribution in [-0.2, 0) is 7.05 Å². The highest BCUT2D eigenvalue weighted by atomic mass is 16.2. The number of amides is 1. The van der Waals surface area contributed by atoms with E-state index in [-0.39, 0.29) is 5.91 Å². The fourth-order valence-electron chi connectivity index (χ4n) is 2.99. The van der Waals surface area contributed by atoms with Crippen molar-refractivity contribution in [1.29, 1.82) is 0 Å². The second kappa shape index (κ2) is 3.80. The molecule has 2 fully saturated rings. The standard InChI is InChI=1S/C11H17N5O/c1-14-5-8-3-4-16(9(8)6-14)11(17)10-12-7-15(2)13-10/h7-9H,3-6H2,1-2H3/t8-,9+/m0/s1. The first-order chi connectivity index (χ1) is 8.15. The summed E-state index contributed by atoms with van der Waals surface area (Å²) in [7, 11) is 3.89. The van der Waals surface area contributed by atoms with E-state index in [2.05, 4.69) is 22.0 Å². The maximum absolute atomic E-state index is 12.3. The molecule has 0 bridgehead atoms. The Hall–Kier alpha value is -1.43. The number of aryl methyl sites for hydroxylation is 1. The minimum atomic E-state index is -0.0200. The first-order valence-electron chi connectivity index (χ1n) is 6.00. The molecule has 2 saturated heterocycles. The number of nitrogens with zero attached hydrogens (tertiary/aromatic N) is 5. The van der Waals surface area contributed by atoms with Crippen molar-refractivity contribution in [1.82, 2.24) is 24.6 Å². The van der Waals surface area contributed by atoms with Gasteiger partial charge in [-0.2, -0.15) is 0 Å². The first kappa shape index (κ1) is 10.7. The Morgan fingerprint density at radius 3 is 2.94 bits per heavy atom. The van der Waals surface area contributed by atoms with Crippen LogP contribution in [0.5, 0.6) is 0 Å². The van der Waals surface area contributed by atoms with Gasteiger partial charge in [-0.3, -0.25) is 9.48 Å². The molecule has 0 aromatic carbocycles. The molecule has 0 aliphatic carbocycles. The molecule has 0 spiro atoms. The maximum Gasteiger partial charge on any atom is 0.293 e. The van der Waals surface area contributed by atoms with E-state index in [1.54, 1.807) is 18.1 Å². The van der Waals surface area contributed by atoms with E-state index in [9.17, 15) is 4.79 Å². The van der Waals surface area contributed by atoms with Crippen molar-refractivity contribution in [2.24, 2.45) is 13.0 Å². The van der Waals surface area contributed by atoms with Gasteiger partial charge in [-0.15, -0.1) is 5.10 Å². The number of rotatable bonds is 1. The van der Waals surface area contributed by atoms with Gasteiger partial charge in [0.15, 0.2) is 0 Å². The highest BCUT2D eigenvalue weighted by Gasteiger charge is 2.43. The smallest absolute Gasteiger partial charge is 0.293 e. The second-order valence-electron chi connectivity index (χ2n) is 5.08. The minimum Gasteiger partial charge on any atom is -0.331 e. The van der Waals surface area contributed by atoms with Crippen molar-refractivity contribution in [3.63, 3.8) is 0 Å². The van der Waals surface area contributed by atoms with E-state index < -0.39 is 0 Å². The molecule has 0 N–H and O–H groups in total. The van der Waals surface area contributed by atoms with Crippen molar-refractivity contribution in [3.05, 3.63) is 12.2 Å². The van der Waals surface area contributed by atoms with Crippen molar-refractivity contribution in [2.75, 3.05) is 26.7 Å².